The summed E-state index contributed by atoms with van der Waals surface area (Å²) in [4.78, 5) is 24.3. The smallest absolute Gasteiger partial charge is 0.432 e. The number of carbonyl (C=O) groups excluding carboxylic acids is 2. The molecule has 2 rings (SSSR count). The number of amides is 1. The molecular formula is C20H17Cl2F3N2O5S. The van der Waals surface area contributed by atoms with Gasteiger partial charge in [0.05, 0.1) is 30.0 Å². The van der Waals surface area contributed by atoms with E-state index in [-0.39, 0.29) is 33.7 Å². The van der Waals surface area contributed by atoms with Gasteiger partial charge in [-0.3, -0.25) is 10.1 Å². The number of esters is 1. The molecule has 3 N–H and O–H groups in total. The predicted molar refractivity (Wildman–Crippen MR) is 120 cm³/mol. The van der Waals surface area contributed by atoms with Crippen molar-refractivity contribution in [2.24, 2.45) is 0 Å². The van der Waals surface area contributed by atoms with E-state index in [9.17, 15) is 27.9 Å². The Balaban J connectivity index is 2.29. The van der Waals surface area contributed by atoms with Gasteiger partial charge in [-0.25, -0.2) is 4.79 Å². The topological polar surface area (TPSA) is 96.9 Å². The van der Waals surface area contributed by atoms with Crippen molar-refractivity contribution in [3.63, 3.8) is 0 Å². The van der Waals surface area contributed by atoms with E-state index in [1.54, 1.807) is 0 Å². The fourth-order valence-corrected chi connectivity index (χ4v) is 3.35. The normalized spacial score (nSPS) is 13.0. The Bertz CT molecular complexity index is 1080. The van der Waals surface area contributed by atoms with Gasteiger partial charge in [-0.15, -0.1) is 0 Å². The first-order chi connectivity index (χ1) is 15.3. The molecule has 0 fully saturated rings. The van der Waals surface area contributed by atoms with Crippen molar-refractivity contribution in [2.75, 3.05) is 19.0 Å². The summed E-state index contributed by atoms with van der Waals surface area (Å²) in [6, 6.07) is 6.92. The van der Waals surface area contributed by atoms with Crippen molar-refractivity contribution in [1.82, 2.24) is 5.32 Å². The molecule has 13 heteroatoms. The van der Waals surface area contributed by atoms with Crippen LogP contribution in [-0.4, -0.2) is 42.0 Å². The molecule has 0 aliphatic rings. The summed E-state index contributed by atoms with van der Waals surface area (Å²) in [6.07, 6.45) is -5.37. The minimum absolute atomic E-state index is 0.0436. The van der Waals surface area contributed by atoms with E-state index >= 15 is 0 Å². The SMILES string of the molecule is CCOC(=O)[C@](O)(c1ccc(NC(=S)NC(=O)c2ccc(Cl)cc2Cl)c(OC)c1)C(F)(F)F. The third-order valence-corrected chi connectivity index (χ3v) is 5.00. The highest BCUT2D eigenvalue weighted by Crippen LogP contribution is 2.42. The molecule has 0 saturated carbocycles. The van der Waals surface area contributed by atoms with Gasteiger partial charge in [-0.1, -0.05) is 29.3 Å². The molecule has 0 heterocycles. The number of carbonyl (C=O) groups is 2. The molecule has 0 saturated heterocycles. The third kappa shape index (κ3) is 5.85. The number of aliphatic hydroxyl groups is 1. The Morgan fingerprint density at radius 1 is 1.15 bits per heavy atom. The highest BCUT2D eigenvalue weighted by molar-refractivity contribution is 7.80. The monoisotopic (exact) mass is 524 g/mol. The molecule has 0 aliphatic heterocycles. The van der Waals surface area contributed by atoms with Crippen molar-refractivity contribution >= 4 is 58.1 Å². The Morgan fingerprint density at radius 3 is 2.36 bits per heavy atom. The number of nitrogens with one attached hydrogen (secondary N) is 2. The number of halogens is 5. The van der Waals surface area contributed by atoms with Crippen LogP contribution in [0.2, 0.25) is 10.0 Å². The highest BCUT2D eigenvalue weighted by Gasteiger charge is 2.62. The van der Waals surface area contributed by atoms with Gasteiger partial charge in [0.1, 0.15) is 5.75 Å². The summed E-state index contributed by atoms with van der Waals surface area (Å²) < 4.78 is 50.2. The van der Waals surface area contributed by atoms with E-state index in [0.29, 0.717) is 5.02 Å². The third-order valence-electron chi connectivity index (χ3n) is 4.25. The van der Waals surface area contributed by atoms with Crippen LogP contribution in [0.5, 0.6) is 5.75 Å². The predicted octanol–water partition coefficient (Wildman–Crippen LogP) is 4.44. The fourth-order valence-electron chi connectivity index (χ4n) is 2.65. The van der Waals surface area contributed by atoms with Gasteiger partial charge in [0.2, 0.25) is 0 Å². The number of thiocarbonyl (C=S) groups is 1. The van der Waals surface area contributed by atoms with Gasteiger partial charge in [-0.05, 0) is 49.5 Å². The number of methoxy groups -OCH3 is 1. The molecule has 0 unspecified atom stereocenters. The van der Waals surface area contributed by atoms with Crippen LogP contribution in [0.15, 0.2) is 36.4 Å². The van der Waals surface area contributed by atoms with Crippen LogP contribution in [0, 0.1) is 0 Å². The summed E-state index contributed by atoms with van der Waals surface area (Å²) in [5, 5.41) is 15.3. The van der Waals surface area contributed by atoms with Crippen LogP contribution in [0.4, 0.5) is 18.9 Å². The Kier molecular flexibility index (Phi) is 8.52. The Labute approximate surface area is 201 Å². The number of anilines is 1. The highest BCUT2D eigenvalue weighted by atomic mass is 35.5. The molecule has 1 atom stereocenters. The lowest BCUT2D eigenvalue weighted by Gasteiger charge is -2.29. The van der Waals surface area contributed by atoms with Gasteiger partial charge >= 0.3 is 12.1 Å². The van der Waals surface area contributed by atoms with Crippen LogP contribution in [0.25, 0.3) is 0 Å². The van der Waals surface area contributed by atoms with Crippen molar-refractivity contribution in [3.05, 3.63) is 57.6 Å². The first kappa shape index (κ1) is 26.7. The maximum atomic E-state index is 13.6. The second kappa shape index (κ2) is 10.6. The lowest BCUT2D eigenvalue weighted by molar-refractivity contribution is -0.267. The first-order valence-corrected chi connectivity index (χ1v) is 10.2. The van der Waals surface area contributed by atoms with E-state index in [0.717, 1.165) is 25.3 Å². The molecule has 0 spiro atoms. The van der Waals surface area contributed by atoms with Crippen LogP contribution < -0.4 is 15.4 Å². The fraction of sp³-hybridized carbons (Fsp3) is 0.250. The quantitative estimate of drug-likeness (QED) is 0.379. The molecule has 2 aromatic rings. The summed E-state index contributed by atoms with van der Waals surface area (Å²) in [6.45, 7) is 0.925. The minimum Gasteiger partial charge on any atom is -0.495 e. The van der Waals surface area contributed by atoms with Crippen LogP contribution >= 0.6 is 35.4 Å². The van der Waals surface area contributed by atoms with E-state index < -0.39 is 29.2 Å². The molecule has 0 aromatic heterocycles. The van der Waals surface area contributed by atoms with Crippen LogP contribution in [0.1, 0.15) is 22.8 Å². The van der Waals surface area contributed by atoms with Gasteiger partial charge in [0, 0.05) is 10.6 Å². The van der Waals surface area contributed by atoms with Crippen molar-refractivity contribution in [1.29, 1.82) is 0 Å². The standard InChI is InChI=1S/C20H17Cl2F3N2O5S/c1-3-32-17(29)19(30,20(23,24)25)10-4-7-14(15(8-10)31-2)26-18(33)27-16(28)12-6-5-11(21)9-13(12)22/h4-9,30H,3H2,1-2H3,(H2,26,27,28,33)/t19-/m1/s1. The minimum atomic E-state index is -5.37. The average molecular weight is 525 g/mol. The molecule has 2 aromatic carbocycles. The van der Waals surface area contributed by atoms with E-state index in [1.165, 1.54) is 25.1 Å². The van der Waals surface area contributed by atoms with Crippen LogP contribution in [-0.2, 0) is 15.1 Å². The van der Waals surface area contributed by atoms with E-state index in [1.807, 2.05) is 0 Å². The number of alkyl halides is 3. The van der Waals surface area contributed by atoms with Crippen LogP contribution in [0.3, 0.4) is 0 Å². The summed E-state index contributed by atoms with van der Waals surface area (Å²) >= 11 is 16.8. The molecular weight excluding hydrogens is 508 g/mol. The van der Waals surface area contributed by atoms with Gasteiger partial charge in [-0.2, -0.15) is 13.2 Å². The molecule has 0 radical (unpaired) electrons. The zero-order valence-corrected chi connectivity index (χ0v) is 19.4. The summed E-state index contributed by atoms with van der Waals surface area (Å²) in [7, 11) is 1.15. The maximum Gasteiger partial charge on any atom is 0.432 e. The number of hydrogen-bond acceptors (Lipinski definition) is 6. The lowest BCUT2D eigenvalue weighted by atomic mass is 9.92. The first-order valence-electron chi connectivity index (χ1n) is 9.07. The lowest BCUT2D eigenvalue weighted by Crippen LogP contribution is -2.50. The number of benzene rings is 2. The van der Waals surface area contributed by atoms with Crippen molar-refractivity contribution in [2.45, 2.75) is 18.7 Å². The Hall–Kier alpha value is -2.60. The molecule has 178 valence electrons. The Morgan fingerprint density at radius 2 is 1.82 bits per heavy atom. The number of hydrogen-bond donors (Lipinski definition) is 3. The van der Waals surface area contributed by atoms with Crippen molar-refractivity contribution in [3.8, 4) is 5.75 Å². The van der Waals surface area contributed by atoms with Gasteiger partial charge in [0.15, 0.2) is 5.11 Å². The largest absolute Gasteiger partial charge is 0.495 e. The van der Waals surface area contributed by atoms with E-state index in [2.05, 4.69) is 15.4 Å². The second-order valence-corrected chi connectivity index (χ2v) is 7.63. The average Bonchev–Trinajstić information content (AvgIpc) is 2.72. The van der Waals surface area contributed by atoms with Gasteiger partial charge < -0.3 is 19.9 Å². The summed E-state index contributed by atoms with van der Waals surface area (Å²) in [5.41, 5.74) is -4.63. The second-order valence-electron chi connectivity index (χ2n) is 6.38. The zero-order valence-electron chi connectivity index (χ0n) is 17.0. The number of ether oxygens (including phenoxy) is 2. The van der Waals surface area contributed by atoms with E-state index in [4.69, 9.17) is 40.2 Å². The zero-order chi connectivity index (χ0) is 25.0. The molecule has 1 amide bonds. The molecule has 33 heavy (non-hydrogen) atoms. The summed E-state index contributed by atoms with van der Waals surface area (Å²) in [5.74, 6) is -2.76. The van der Waals surface area contributed by atoms with Gasteiger partial charge in [0.25, 0.3) is 11.5 Å². The maximum absolute atomic E-state index is 13.6. The molecule has 7 nitrogen and oxygen atoms in total. The van der Waals surface area contributed by atoms with Crippen molar-refractivity contribution < 1.29 is 37.3 Å². The molecule has 0 aliphatic carbocycles. The molecule has 0 bridgehead atoms. The number of rotatable bonds is 6.